The van der Waals surface area contributed by atoms with Gasteiger partial charge in [-0.15, -0.1) is 0 Å². The van der Waals surface area contributed by atoms with Gasteiger partial charge in [-0.25, -0.2) is 4.39 Å². The summed E-state index contributed by atoms with van der Waals surface area (Å²) in [7, 11) is 1.87. The third kappa shape index (κ3) is 5.16. The average molecular weight is 437 g/mol. The van der Waals surface area contributed by atoms with Crippen molar-refractivity contribution in [2.45, 2.75) is 38.6 Å². The molecule has 1 aromatic heterocycles. The van der Waals surface area contributed by atoms with Gasteiger partial charge in [-0.3, -0.25) is 9.48 Å². The number of nitrogens with one attached hydrogen (secondary N) is 2. The number of nitrogens with zero attached hydrogens (tertiary/aromatic N) is 2. The second-order valence-corrected chi connectivity index (χ2v) is 8.25. The summed E-state index contributed by atoms with van der Waals surface area (Å²) in [5.74, 6) is 0.131. The van der Waals surface area contributed by atoms with Crippen LogP contribution in [0.15, 0.2) is 48.7 Å². The van der Waals surface area contributed by atoms with E-state index in [1.807, 2.05) is 31.3 Å². The largest absolute Gasteiger partial charge is 0.493 e. The van der Waals surface area contributed by atoms with E-state index in [1.165, 1.54) is 31.4 Å². The van der Waals surface area contributed by atoms with Crippen molar-refractivity contribution in [3.8, 4) is 17.0 Å². The fraction of sp³-hybridized carbons (Fsp3) is 0.360. The van der Waals surface area contributed by atoms with Gasteiger partial charge in [-0.1, -0.05) is 6.42 Å². The SMILES string of the molecule is Cc1cc(C(=O)Nc2ccc(OCCC3CCCCN3)c(-c3ccnn3C)c2)ccc1F. The van der Waals surface area contributed by atoms with Crippen molar-refractivity contribution < 1.29 is 13.9 Å². The normalized spacial score (nSPS) is 16.0. The third-order valence-electron chi connectivity index (χ3n) is 5.89. The molecule has 0 bridgehead atoms. The van der Waals surface area contributed by atoms with Crippen molar-refractivity contribution in [1.82, 2.24) is 15.1 Å². The molecule has 1 fully saturated rings. The number of benzene rings is 2. The number of hydrogen-bond acceptors (Lipinski definition) is 4. The third-order valence-corrected chi connectivity index (χ3v) is 5.89. The number of anilines is 1. The number of carbonyl (C=O) groups is 1. The molecular formula is C25H29FN4O2. The number of amides is 1. The zero-order valence-corrected chi connectivity index (χ0v) is 18.5. The summed E-state index contributed by atoms with van der Waals surface area (Å²) in [5.41, 5.74) is 3.23. The summed E-state index contributed by atoms with van der Waals surface area (Å²) in [4.78, 5) is 12.7. The van der Waals surface area contributed by atoms with Crippen molar-refractivity contribution in [1.29, 1.82) is 0 Å². The molecule has 0 aliphatic carbocycles. The minimum atomic E-state index is -0.329. The molecule has 2 aromatic carbocycles. The van der Waals surface area contributed by atoms with Crippen LogP contribution in [0.1, 0.15) is 41.6 Å². The van der Waals surface area contributed by atoms with E-state index in [4.69, 9.17) is 4.74 Å². The second-order valence-electron chi connectivity index (χ2n) is 8.25. The van der Waals surface area contributed by atoms with Crippen LogP contribution in [0.2, 0.25) is 0 Å². The number of halogens is 1. The Balaban J connectivity index is 1.52. The molecule has 32 heavy (non-hydrogen) atoms. The molecule has 0 saturated carbocycles. The summed E-state index contributed by atoms with van der Waals surface area (Å²) in [6.45, 7) is 3.33. The van der Waals surface area contributed by atoms with Gasteiger partial charge in [0.15, 0.2) is 0 Å². The zero-order valence-electron chi connectivity index (χ0n) is 18.5. The molecule has 1 amide bonds. The summed E-state index contributed by atoms with van der Waals surface area (Å²) in [6, 6.07) is 12.3. The van der Waals surface area contributed by atoms with E-state index in [0.29, 0.717) is 29.5 Å². The van der Waals surface area contributed by atoms with Gasteiger partial charge in [-0.05, 0) is 80.8 Å². The van der Waals surface area contributed by atoms with Gasteiger partial charge in [0, 0.05) is 36.1 Å². The molecule has 1 unspecified atom stereocenters. The van der Waals surface area contributed by atoms with Gasteiger partial charge >= 0.3 is 0 Å². The minimum Gasteiger partial charge on any atom is -0.493 e. The Kier molecular flexibility index (Phi) is 6.85. The van der Waals surface area contributed by atoms with Crippen LogP contribution in [0.4, 0.5) is 10.1 Å². The fourth-order valence-corrected chi connectivity index (χ4v) is 4.04. The molecule has 168 valence electrons. The van der Waals surface area contributed by atoms with Gasteiger partial charge in [-0.2, -0.15) is 5.10 Å². The molecule has 4 rings (SSSR count). The van der Waals surface area contributed by atoms with Gasteiger partial charge in [0.25, 0.3) is 5.91 Å². The molecule has 1 atom stereocenters. The molecule has 6 nitrogen and oxygen atoms in total. The first-order valence-electron chi connectivity index (χ1n) is 11.1. The molecule has 2 N–H and O–H groups in total. The fourth-order valence-electron chi connectivity index (χ4n) is 4.04. The maximum Gasteiger partial charge on any atom is 0.255 e. The Morgan fingerprint density at radius 3 is 2.84 bits per heavy atom. The first kappa shape index (κ1) is 22.0. The van der Waals surface area contributed by atoms with Crippen molar-refractivity contribution in [2.75, 3.05) is 18.5 Å². The lowest BCUT2D eigenvalue weighted by molar-refractivity contribution is 0.102. The monoisotopic (exact) mass is 436 g/mol. The van der Waals surface area contributed by atoms with Gasteiger partial charge < -0.3 is 15.4 Å². The maximum atomic E-state index is 13.5. The smallest absolute Gasteiger partial charge is 0.255 e. The van der Waals surface area contributed by atoms with Crippen LogP contribution in [-0.4, -0.2) is 34.9 Å². The average Bonchev–Trinajstić information content (AvgIpc) is 3.23. The van der Waals surface area contributed by atoms with Crippen molar-refractivity contribution in [3.05, 3.63) is 65.6 Å². The molecular weight excluding hydrogens is 407 g/mol. The molecule has 0 spiro atoms. The highest BCUT2D eigenvalue weighted by atomic mass is 19.1. The van der Waals surface area contributed by atoms with Crippen LogP contribution in [-0.2, 0) is 7.05 Å². The van der Waals surface area contributed by atoms with Crippen molar-refractivity contribution in [3.63, 3.8) is 0 Å². The van der Waals surface area contributed by atoms with Crippen LogP contribution in [0, 0.1) is 12.7 Å². The number of hydrogen-bond donors (Lipinski definition) is 2. The Bertz CT molecular complexity index is 1090. The summed E-state index contributed by atoms with van der Waals surface area (Å²) < 4.78 is 21.5. The highest BCUT2D eigenvalue weighted by Gasteiger charge is 2.16. The summed E-state index contributed by atoms with van der Waals surface area (Å²) >= 11 is 0. The first-order chi connectivity index (χ1) is 15.5. The number of rotatable bonds is 7. The molecule has 1 aliphatic rings. The van der Waals surface area contributed by atoms with E-state index in [1.54, 1.807) is 23.9 Å². The molecule has 2 heterocycles. The highest BCUT2D eigenvalue weighted by molar-refractivity contribution is 6.04. The highest BCUT2D eigenvalue weighted by Crippen LogP contribution is 2.33. The van der Waals surface area contributed by atoms with E-state index >= 15 is 0 Å². The lowest BCUT2D eigenvalue weighted by Gasteiger charge is -2.23. The van der Waals surface area contributed by atoms with E-state index in [9.17, 15) is 9.18 Å². The Morgan fingerprint density at radius 2 is 2.12 bits per heavy atom. The second kappa shape index (κ2) is 9.96. The predicted octanol–water partition coefficient (Wildman–Crippen LogP) is 4.70. The standard InChI is InChI=1S/C25H29FN4O2/c1-17-15-18(6-8-22(17)26)25(31)29-20-7-9-24(21(16-20)23-10-13-28-30(23)2)32-14-11-19-5-3-4-12-27-19/h6-10,13,15-16,19,27H,3-5,11-12,14H2,1-2H3,(H,29,31). The number of aromatic nitrogens is 2. The van der Waals surface area contributed by atoms with E-state index in [-0.39, 0.29) is 11.7 Å². The van der Waals surface area contributed by atoms with Gasteiger partial charge in [0.1, 0.15) is 11.6 Å². The lowest BCUT2D eigenvalue weighted by atomic mass is 10.0. The first-order valence-corrected chi connectivity index (χ1v) is 11.1. The summed E-state index contributed by atoms with van der Waals surface area (Å²) in [5, 5.41) is 10.7. The lowest BCUT2D eigenvalue weighted by Crippen LogP contribution is -2.35. The maximum absolute atomic E-state index is 13.5. The Morgan fingerprint density at radius 1 is 1.25 bits per heavy atom. The Hall–Kier alpha value is -3.19. The molecule has 0 radical (unpaired) electrons. The molecule has 3 aromatic rings. The number of aryl methyl sites for hydroxylation is 2. The van der Waals surface area contributed by atoms with Gasteiger partial charge in [0.2, 0.25) is 0 Å². The van der Waals surface area contributed by atoms with Crippen molar-refractivity contribution >= 4 is 11.6 Å². The van der Waals surface area contributed by atoms with E-state index < -0.39 is 0 Å². The topological polar surface area (TPSA) is 68.2 Å². The molecule has 1 aliphatic heterocycles. The number of piperidine rings is 1. The number of ether oxygens (including phenoxy) is 1. The summed E-state index contributed by atoms with van der Waals surface area (Å²) in [6.07, 6.45) is 6.38. The predicted molar refractivity (Wildman–Crippen MR) is 123 cm³/mol. The van der Waals surface area contributed by atoms with Crippen LogP contribution >= 0.6 is 0 Å². The van der Waals surface area contributed by atoms with Gasteiger partial charge in [0.05, 0.1) is 12.3 Å². The van der Waals surface area contributed by atoms with Crippen LogP contribution in [0.5, 0.6) is 5.75 Å². The number of carbonyl (C=O) groups excluding carboxylic acids is 1. The molecule has 1 saturated heterocycles. The van der Waals surface area contributed by atoms with Crippen molar-refractivity contribution in [2.24, 2.45) is 7.05 Å². The van der Waals surface area contributed by atoms with Crippen LogP contribution < -0.4 is 15.4 Å². The zero-order chi connectivity index (χ0) is 22.5. The van der Waals surface area contributed by atoms with E-state index in [0.717, 1.165) is 30.0 Å². The molecule has 7 heteroatoms. The quantitative estimate of drug-likeness (QED) is 0.563. The van der Waals surface area contributed by atoms with Crippen LogP contribution in [0.3, 0.4) is 0 Å². The Labute approximate surface area is 187 Å². The van der Waals surface area contributed by atoms with Crippen LogP contribution in [0.25, 0.3) is 11.3 Å². The minimum absolute atomic E-state index is 0.291. The van der Waals surface area contributed by atoms with E-state index in [2.05, 4.69) is 15.7 Å².